The van der Waals surface area contributed by atoms with Crippen LogP contribution >= 0.6 is 0 Å². The minimum atomic E-state index is -0.303. The van der Waals surface area contributed by atoms with Crippen LogP contribution in [0.3, 0.4) is 0 Å². The number of H-pyrrole nitrogens is 1. The van der Waals surface area contributed by atoms with Crippen LogP contribution in [0.25, 0.3) is 0 Å². The molecule has 0 radical (unpaired) electrons. The monoisotopic (exact) mass is 384 g/mol. The van der Waals surface area contributed by atoms with Crippen LogP contribution < -0.4 is 5.56 Å². The molecule has 0 aliphatic carbocycles. The molecule has 4 rings (SSSR count). The first kappa shape index (κ1) is 18.8. The Bertz CT molecular complexity index is 925. The summed E-state index contributed by atoms with van der Waals surface area (Å²) in [5.41, 5.74) is 2.41. The average Bonchev–Trinajstić information content (AvgIpc) is 2.70. The first-order valence-electron chi connectivity index (χ1n) is 9.82. The number of aromatic nitrogens is 2. The number of carbonyl (C=O) groups excluding carboxylic acids is 1. The predicted molar refractivity (Wildman–Crippen MR) is 104 cm³/mol. The van der Waals surface area contributed by atoms with Crippen LogP contribution in [0.2, 0.25) is 0 Å². The Balaban J connectivity index is 1.48. The lowest BCUT2D eigenvalue weighted by Gasteiger charge is -2.33. The van der Waals surface area contributed by atoms with Gasteiger partial charge in [-0.25, -0.2) is 9.37 Å². The number of hydrogen-bond donors (Lipinski definition) is 1. The van der Waals surface area contributed by atoms with Crippen LogP contribution in [0.4, 0.5) is 4.39 Å². The third-order valence-electron chi connectivity index (χ3n) is 5.71. The summed E-state index contributed by atoms with van der Waals surface area (Å²) in [7, 11) is 2.00. The first-order valence-corrected chi connectivity index (χ1v) is 9.82. The zero-order chi connectivity index (χ0) is 19.7. The summed E-state index contributed by atoms with van der Waals surface area (Å²) in [4.78, 5) is 36.9. The Morgan fingerprint density at radius 2 is 2.07 bits per heavy atom. The molecule has 6 nitrogen and oxygen atoms in total. The second-order valence-electron chi connectivity index (χ2n) is 7.85. The Morgan fingerprint density at radius 1 is 1.29 bits per heavy atom. The Labute approximate surface area is 163 Å². The van der Waals surface area contributed by atoms with Crippen LogP contribution in [0.5, 0.6) is 0 Å². The number of piperidine rings is 1. The van der Waals surface area contributed by atoms with E-state index < -0.39 is 0 Å². The minimum absolute atomic E-state index is 0.0261. The van der Waals surface area contributed by atoms with Crippen LogP contribution in [0.15, 0.2) is 29.1 Å². The zero-order valence-corrected chi connectivity index (χ0v) is 16.1. The maximum atomic E-state index is 13.1. The number of halogens is 1. The molecule has 0 unspecified atom stereocenters. The quantitative estimate of drug-likeness (QED) is 0.877. The van der Waals surface area contributed by atoms with Crippen molar-refractivity contribution in [2.24, 2.45) is 0 Å². The highest BCUT2D eigenvalue weighted by Crippen LogP contribution is 2.25. The molecule has 1 atom stereocenters. The van der Waals surface area contributed by atoms with Gasteiger partial charge in [0.1, 0.15) is 11.6 Å². The van der Waals surface area contributed by atoms with E-state index in [-0.39, 0.29) is 29.6 Å². The molecule has 1 amide bonds. The van der Waals surface area contributed by atoms with Crippen LogP contribution in [-0.4, -0.2) is 52.4 Å². The molecule has 2 aliphatic heterocycles. The molecule has 1 N–H and O–H groups in total. The van der Waals surface area contributed by atoms with E-state index in [0.29, 0.717) is 25.5 Å². The number of rotatable bonds is 3. The number of likely N-dealkylation sites (N-methyl/N-ethyl adjacent to an activating group) is 1. The fraction of sp³-hybridized carbons (Fsp3) is 0.476. The van der Waals surface area contributed by atoms with E-state index in [2.05, 4.69) is 9.88 Å². The number of carbonyl (C=O) groups is 1. The van der Waals surface area contributed by atoms with Gasteiger partial charge in [0.25, 0.3) is 5.56 Å². The maximum absolute atomic E-state index is 13.1. The van der Waals surface area contributed by atoms with E-state index in [0.717, 1.165) is 42.6 Å². The number of aromatic amines is 1. The lowest BCUT2D eigenvalue weighted by Crippen LogP contribution is -2.41. The van der Waals surface area contributed by atoms with Gasteiger partial charge in [-0.2, -0.15) is 0 Å². The molecule has 1 aromatic heterocycles. The second kappa shape index (κ2) is 7.83. The number of nitrogens with zero attached hydrogens (tertiary/aromatic N) is 3. The molecule has 7 heteroatoms. The number of amides is 1. The minimum Gasteiger partial charge on any atom is -0.342 e. The van der Waals surface area contributed by atoms with Crippen molar-refractivity contribution in [3.63, 3.8) is 0 Å². The second-order valence-corrected chi connectivity index (χ2v) is 7.85. The van der Waals surface area contributed by atoms with E-state index in [1.54, 1.807) is 12.1 Å². The summed E-state index contributed by atoms with van der Waals surface area (Å²) in [5, 5.41) is 0. The summed E-state index contributed by atoms with van der Waals surface area (Å²) in [6.07, 6.45) is 2.82. The standard InChI is InChI=1S/C21H25FN4O2/c1-25-10-8-18-17(13-25)21(28)24-20(23-18)15-3-2-9-26(12-15)19(27)11-14-4-6-16(22)7-5-14/h4-7,15H,2-3,8-13H2,1H3,(H,23,24,28)/t15-/m1/s1. The van der Waals surface area contributed by atoms with Crippen molar-refractivity contribution in [2.45, 2.75) is 38.1 Å². The van der Waals surface area contributed by atoms with Gasteiger partial charge in [0.05, 0.1) is 17.7 Å². The fourth-order valence-electron chi connectivity index (χ4n) is 4.09. The fourth-order valence-corrected chi connectivity index (χ4v) is 4.09. The summed E-state index contributed by atoms with van der Waals surface area (Å²) >= 11 is 0. The first-order chi connectivity index (χ1) is 13.5. The topological polar surface area (TPSA) is 69.3 Å². The molecule has 0 saturated carbocycles. The van der Waals surface area contributed by atoms with Crippen molar-refractivity contribution in [3.05, 3.63) is 63.1 Å². The van der Waals surface area contributed by atoms with Gasteiger partial charge in [-0.1, -0.05) is 12.1 Å². The van der Waals surface area contributed by atoms with Crippen molar-refractivity contribution in [1.29, 1.82) is 0 Å². The summed E-state index contributed by atoms with van der Waals surface area (Å²) in [6.45, 7) is 2.79. The number of fused-ring (bicyclic) bond motifs is 1. The van der Waals surface area contributed by atoms with Gasteiger partial charge in [0.15, 0.2) is 0 Å². The predicted octanol–water partition coefficient (Wildman–Crippen LogP) is 1.85. The molecule has 148 valence electrons. The molecule has 0 spiro atoms. The third kappa shape index (κ3) is 3.99. The summed E-state index contributed by atoms with van der Waals surface area (Å²) < 4.78 is 13.1. The Morgan fingerprint density at radius 3 is 2.86 bits per heavy atom. The highest BCUT2D eigenvalue weighted by atomic mass is 19.1. The zero-order valence-electron chi connectivity index (χ0n) is 16.1. The van der Waals surface area contributed by atoms with Gasteiger partial charge in [-0.15, -0.1) is 0 Å². The number of benzene rings is 1. The van der Waals surface area contributed by atoms with Crippen molar-refractivity contribution < 1.29 is 9.18 Å². The van der Waals surface area contributed by atoms with Crippen molar-refractivity contribution in [2.75, 3.05) is 26.7 Å². The highest BCUT2D eigenvalue weighted by Gasteiger charge is 2.28. The lowest BCUT2D eigenvalue weighted by molar-refractivity contribution is -0.131. The maximum Gasteiger partial charge on any atom is 0.255 e. The smallest absolute Gasteiger partial charge is 0.255 e. The van der Waals surface area contributed by atoms with Gasteiger partial charge in [-0.3, -0.25) is 9.59 Å². The van der Waals surface area contributed by atoms with Gasteiger partial charge >= 0.3 is 0 Å². The van der Waals surface area contributed by atoms with Crippen LogP contribution in [-0.2, 0) is 24.2 Å². The number of likely N-dealkylation sites (tertiary alicyclic amines) is 1. The SMILES string of the molecule is CN1CCc2nc([C@@H]3CCCN(C(=O)Cc4ccc(F)cc4)C3)[nH]c(=O)c2C1. The van der Waals surface area contributed by atoms with E-state index in [4.69, 9.17) is 4.98 Å². The van der Waals surface area contributed by atoms with E-state index in [9.17, 15) is 14.0 Å². The van der Waals surface area contributed by atoms with Gasteiger partial charge in [0.2, 0.25) is 5.91 Å². The average molecular weight is 384 g/mol. The van der Waals surface area contributed by atoms with Gasteiger partial charge < -0.3 is 14.8 Å². The lowest BCUT2D eigenvalue weighted by atomic mass is 9.95. The normalized spacial score (nSPS) is 20.1. The molecule has 1 aromatic carbocycles. The number of hydrogen-bond acceptors (Lipinski definition) is 4. The summed E-state index contributed by atoms with van der Waals surface area (Å²) in [5.74, 6) is 0.470. The molecule has 1 fully saturated rings. The van der Waals surface area contributed by atoms with E-state index in [1.165, 1.54) is 12.1 Å². The molecular formula is C21H25FN4O2. The van der Waals surface area contributed by atoms with E-state index in [1.807, 2.05) is 11.9 Å². The molecule has 2 aliphatic rings. The van der Waals surface area contributed by atoms with Crippen molar-refractivity contribution in [1.82, 2.24) is 19.8 Å². The molecule has 1 saturated heterocycles. The Hall–Kier alpha value is -2.54. The molecule has 0 bridgehead atoms. The highest BCUT2D eigenvalue weighted by molar-refractivity contribution is 5.79. The van der Waals surface area contributed by atoms with Gasteiger partial charge in [0, 0.05) is 38.5 Å². The Kier molecular flexibility index (Phi) is 5.26. The molecule has 2 aromatic rings. The van der Waals surface area contributed by atoms with Crippen LogP contribution in [0, 0.1) is 5.82 Å². The van der Waals surface area contributed by atoms with Crippen LogP contribution in [0.1, 0.15) is 41.4 Å². The number of nitrogens with one attached hydrogen (secondary N) is 1. The van der Waals surface area contributed by atoms with Crippen molar-refractivity contribution >= 4 is 5.91 Å². The molecular weight excluding hydrogens is 359 g/mol. The largest absolute Gasteiger partial charge is 0.342 e. The van der Waals surface area contributed by atoms with Gasteiger partial charge in [-0.05, 0) is 37.6 Å². The molecule has 28 heavy (non-hydrogen) atoms. The molecule has 3 heterocycles. The van der Waals surface area contributed by atoms with Crippen molar-refractivity contribution in [3.8, 4) is 0 Å². The summed E-state index contributed by atoms with van der Waals surface area (Å²) in [6, 6.07) is 6.05. The van der Waals surface area contributed by atoms with E-state index >= 15 is 0 Å². The third-order valence-corrected chi connectivity index (χ3v) is 5.71.